The van der Waals surface area contributed by atoms with E-state index < -0.39 is 19.3 Å². The SMILES string of the molecule is CCOP(=O)(OCC)C1=C(c2ccccc2)OC(N)=C(C#N)[C@@H]1c1ccc(F)cc1. The van der Waals surface area contributed by atoms with Gasteiger partial charge in [-0.3, -0.25) is 4.57 Å². The van der Waals surface area contributed by atoms with Gasteiger partial charge in [0.2, 0.25) is 5.88 Å². The summed E-state index contributed by atoms with van der Waals surface area (Å²) < 4.78 is 44.6. The molecule has 2 N–H and O–H groups in total. The Hall–Kier alpha value is -2.91. The molecule has 0 spiro atoms. The van der Waals surface area contributed by atoms with Crippen LogP contribution in [0.5, 0.6) is 0 Å². The van der Waals surface area contributed by atoms with Gasteiger partial charge < -0.3 is 19.5 Å². The van der Waals surface area contributed by atoms with Crippen LogP contribution in [0.3, 0.4) is 0 Å². The minimum absolute atomic E-state index is 0.0518. The molecule has 1 aliphatic rings. The van der Waals surface area contributed by atoms with Gasteiger partial charge in [-0.15, -0.1) is 0 Å². The van der Waals surface area contributed by atoms with E-state index in [1.54, 1.807) is 38.1 Å². The van der Waals surface area contributed by atoms with Gasteiger partial charge in [-0.1, -0.05) is 42.5 Å². The van der Waals surface area contributed by atoms with Crippen LogP contribution in [0.25, 0.3) is 5.76 Å². The van der Waals surface area contributed by atoms with Crippen molar-refractivity contribution in [3.8, 4) is 6.07 Å². The van der Waals surface area contributed by atoms with Crippen LogP contribution < -0.4 is 5.73 Å². The summed E-state index contributed by atoms with van der Waals surface area (Å²) in [6, 6.07) is 16.6. The highest BCUT2D eigenvalue weighted by atomic mass is 31.2. The van der Waals surface area contributed by atoms with Crippen LogP contribution in [0.2, 0.25) is 0 Å². The molecule has 1 aliphatic heterocycles. The van der Waals surface area contributed by atoms with E-state index in [1.807, 2.05) is 12.1 Å². The third-order valence-corrected chi connectivity index (χ3v) is 6.77. The van der Waals surface area contributed by atoms with Crippen LogP contribution >= 0.6 is 7.60 Å². The topological polar surface area (TPSA) is 94.6 Å². The van der Waals surface area contributed by atoms with Crippen molar-refractivity contribution in [1.29, 1.82) is 5.26 Å². The summed E-state index contributed by atoms with van der Waals surface area (Å²) in [6.45, 7) is 3.61. The standard InChI is InChI=1S/C22H22FN2O4P/c1-3-27-30(26,28-4-2)21-19(15-10-12-17(23)13-11-15)18(14-24)22(25)29-20(21)16-8-6-5-7-9-16/h5-13,19H,3-4,25H2,1-2H3/t19-/m0/s1. The third kappa shape index (κ3) is 4.17. The Morgan fingerprint density at radius 2 is 1.70 bits per heavy atom. The van der Waals surface area contributed by atoms with E-state index in [4.69, 9.17) is 19.5 Å². The molecule has 0 aliphatic carbocycles. The average molecular weight is 428 g/mol. The molecule has 6 nitrogen and oxygen atoms in total. The van der Waals surface area contributed by atoms with Gasteiger partial charge in [0.1, 0.15) is 23.2 Å². The van der Waals surface area contributed by atoms with Crippen LogP contribution in [-0.2, 0) is 18.3 Å². The number of rotatable bonds is 7. The molecule has 156 valence electrons. The molecule has 0 amide bonds. The minimum atomic E-state index is -3.91. The normalized spacial score (nSPS) is 16.9. The lowest BCUT2D eigenvalue weighted by Crippen LogP contribution is -2.22. The summed E-state index contributed by atoms with van der Waals surface area (Å²) in [4.78, 5) is 0. The number of halogens is 1. The predicted octanol–water partition coefficient (Wildman–Crippen LogP) is 5.27. The Balaban J connectivity index is 2.36. The van der Waals surface area contributed by atoms with E-state index in [0.717, 1.165) is 0 Å². The summed E-state index contributed by atoms with van der Waals surface area (Å²) in [5.41, 5.74) is 7.25. The maximum atomic E-state index is 13.9. The smallest absolute Gasteiger partial charge is 0.362 e. The summed E-state index contributed by atoms with van der Waals surface area (Å²) in [6.07, 6.45) is 0. The largest absolute Gasteiger partial charge is 0.439 e. The Bertz CT molecular complexity index is 1050. The van der Waals surface area contributed by atoms with Crippen molar-refractivity contribution in [3.05, 3.63) is 88.3 Å². The van der Waals surface area contributed by atoms with Crippen LogP contribution in [0.1, 0.15) is 30.9 Å². The van der Waals surface area contributed by atoms with Gasteiger partial charge in [0, 0.05) is 5.56 Å². The first-order chi connectivity index (χ1) is 14.4. The second kappa shape index (κ2) is 9.27. The minimum Gasteiger partial charge on any atom is -0.439 e. The summed E-state index contributed by atoms with van der Waals surface area (Å²) >= 11 is 0. The molecule has 8 heteroatoms. The fourth-order valence-electron chi connectivity index (χ4n) is 3.32. The van der Waals surface area contributed by atoms with Gasteiger partial charge in [0.05, 0.1) is 24.4 Å². The highest BCUT2D eigenvalue weighted by Crippen LogP contribution is 2.65. The van der Waals surface area contributed by atoms with E-state index in [1.165, 1.54) is 24.3 Å². The molecule has 0 saturated heterocycles. The number of nitriles is 1. The molecule has 1 atom stereocenters. The van der Waals surface area contributed by atoms with Crippen LogP contribution in [0, 0.1) is 17.1 Å². The zero-order valence-corrected chi connectivity index (χ0v) is 17.6. The van der Waals surface area contributed by atoms with Crippen molar-refractivity contribution in [2.75, 3.05) is 13.2 Å². The van der Waals surface area contributed by atoms with Gasteiger partial charge in [0.15, 0.2) is 0 Å². The molecular formula is C22H22FN2O4P. The van der Waals surface area contributed by atoms with Gasteiger partial charge in [-0.05, 0) is 31.5 Å². The van der Waals surface area contributed by atoms with Crippen molar-refractivity contribution in [2.24, 2.45) is 5.73 Å². The molecular weight excluding hydrogens is 406 g/mol. The first kappa shape index (κ1) is 21.8. The van der Waals surface area contributed by atoms with E-state index in [2.05, 4.69) is 0 Å². The molecule has 0 unspecified atom stereocenters. The van der Waals surface area contributed by atoms with E-state index in [-0.39, 0.29) is 35.7 Å². The predicted molar refractivity (Wildman–Crippen MR) is 111 cm³/mol. The number of hydrogen-bond acceptors (Lipinski definition) is 6. The molecule has 2 aromatic rings. The van der Waals surface area contributed by atoms with E-state index in [9.17, 15) is 14.2 Å². The highest BCUT2D eigenvalue weighted by molar-refractivity contribution is 7.58. The van der Waals surface area contributed by atoms with Gasteiger partial charge >= 0.3 is 7.60 Å². The second-order valence-corrected chi connectivity index (χ2v) is 8.38. The second-order valence-electron chi connectivity index (χ2n) is 6.39. The maximum Gasteiger partial charge on any atom is 0.362 e. The molecule has 0 fully saturated rings. The Morgan fingerprint density at radius 1 is 1.10 bits per heavy atom. The van der Waals surface area contributed by atoms with Crippen LogP contribution in [0.4, 0.5) is 4.39 Å². The molecule has 0 saturated carbocycles. The van der Waals surface area contributed by atoms with Crippen molar-refractivity contribution in [3.63, 3.8) is 0 Å². The third-order valence-electron chi connectivity index (χ3n) is 4.53. The highest BCUT2D eigenvalue weighted by Gasteiger charge is 2.45. The van der Waals surface area contributed by atoms with Crippen molar-refractivity contribution in [2.45, 2.75) is 19.8 Å². The van der Waals surface area contributed by atoms with Gasteiger partial charge in [-0.2, -0.15) is 5.26 Å². The van der Waals surface area contributed by atoms with E-state index >= 15 is 0 Å². The van der Waals surface area contributed by atoms with E-state index in [0.29, 0.717) is 11.1 Å². The summed E-state index contributed by atoms with van der Waals surface area (Å²) in [7, 11) is -3.91. The molecule has 0 radical (unpaired) electrons. The summed E-state index contributed by atoms with van der Waals surface area (Å²) in [5.74, 6) is -1.24. The lowest BCUT2D eigenvalue weighted by atomic mass is 9.88. The molecule has 3 rings (SSSR count). The fourth-order valence-corrected chi connectivity index (χ4v) is 5.37. The number of hydrogen-bond donors (Lipinski definition) is 1. The summed E-state index contributed by atoms with van der Waals surface area (Å²) in [5, 5.41) is 9.97. The fraction of sp³-hybridized carbons (Fsp3) is 0.227. The zero-order chi connectivity index (χ0) is 21.7. The number of allylic oxidation sites excluding steroid dienone is 2. The van der Waals surface area contributed by atoms with Gasteiger partial charge in [0.25, 0.3) is 0 Å². The Labute approximate surface area is 174 Å². The first-order valence-electron chi connectivity index (χ1n) is 9.47. The number of ether oxygens (including phenoxy) is 1. The first-order valence-corrected chi connectivity index (χ1v) is 11.0. The monoisotopic (exact) mass is 428 g/mol. The average Bonchev–Trinajstić information content (AvgIpc) is 2.74. The van der Waals surface area contributed by atoms with Crippen molar-refractivity contribution < 1.29 is 22.7 Å². The van der Waals surface area contributed by atoms with Gasteiger partial charge in [-0.25, -0.2) is 4.39 Å². The molecule has 0 bridgehead atoms. The number of benzene rings is 2. The molecule has 30 heavy (non-hydrogen) atoms. The van der Waals surface area contributed by atoms with Crippen molar-refractivity contribution in [1.82, 2.24) is 0 Å². The van der Waals surface area contributed by atoms with Crippen molar-refractivity contribution >= 4 is 13.4 Å². The Kier molecular flexibility index (Phi) is 6.73. The number of nitrogens with zero attached hydrogens (tertiary/aromatic N) is 1. The Morgan fingerprint density at radius 3 is 2.23 bits per heavy atom. The molecule has 1 heterocycles. The quantitative estimate of drug-likeness (QED) is 0.604. The van der Waals surface area contributed by atoms with Crippen LogP contribution in [-0.4, -0.2) is 13.2 Å². The van der Waals surface area contributed by atoms with Crippen LogP contribution in [0.15, 0.2) is 71.4 Å². The number of nitrogens with two attached hydrogens (primary N) is 1. The maximum absolute atomic E-state index is 13.9. The lowest BCUT2D eigenvalue weighted by molar-refractivity contribution is 0.223. The molecule has 2 aromatic carbocycles. The zero-order valence-electron chi connectivity index (χ0n) is 16.7. The molecule has 0 aromatic heterocycles. The lowest BCUT2D eigenvalue weighted by Gasteiger charge is -2.32.